The van der Waals surface area contributed by atoms with Crippen LogP contribution in [0.25, 0.3) is 17.0 Å². The van der Waals surface area contributed by atoms with E-state index < -0.39 is 11.9 Å². The molecule has 3 heterocycles. The van der Waals surface area contributed by atoms with Gasteiger partial charge in [-0.2, -0.15) is 0 Å². The molecule has 2 fully saturated rings. The van der Waals surface area contributed by atoms with Gasteiger partial charge in [0.2, 0.25) is 11.8 Å². The predicted molar refractivity (Wildman–Crippen MR) is 150 cm³/mol. The summed E-state index contributed by atoms with van der Waals surface area (Å²) in [6, 6.07) is 14.3. The quantitative estimate of drug-likeness (QED) is 0.446. The zero-order chi connectivity index (χ0) is 28.1. The molecule has 0 bridgehead atoms. The van der Waals surface area contributed by atoms with E-state index in [4.69, 9.17) is 4.74 Å². The first-order valence-electron chi connectivity index (χ1n) is 13.7. The van der Waals surface area contributed by atoms with Gasteiger partial charge in [0, 0.05) is 24.5 Å². The highest BCUT2D eigenvalue weighted by molar-refractivity contribution is 5.97. The van der Waals surface area contributed by atoms with Crippen LogP contribution in [0.15, 0.2) is 60.7 Å². The number of halogens is 1. The van der Waals surface area contributed by atoms with E-state index in [9.17, 15) is 18.8 Å². The summed E-state index contributed by atoms with van der Waals surface area (Å²) in [6.07, 6.45) is 6.53. The van der Waals surface area contributed by atoms with Gasteiger partial charge in [-0.05, 0) is 61.6 Å². The monoisotopic (exact) mass is 544 g/mol. The Bertz CT molecular complexity index is 1440. The summed E-state index contributed by atoms with van der Waals surface area (Å²) in [6.45, 7) is 3.65. The normalized spacial score (nSPS) is 19.7. The van der Waals surface area contributed by atoms with Gasteiger partial charge in [-0.3, -0.25) is 14.4 Å². The zero-order valence-electron chi connectivity index (χ0n) is 22.4. The average Bonchev–Trinajstić information content (AvgIpc) is 3.67. The van der Waals surface area contributed by atoms with Gasteiger partial charge in [-0.1, -0.05) is 42.5 Å². The molecule has 2 N–H and O–H groups in total. The number of hydrogen-bond acceptors (Lipinski definition) is 5. The maximum absolute atomic E-state index is 13.4. The maximum atomic E-state index is 13.4. The summed E-state index contributed by atoms with van der Waals surface area (Å²) >= 11 is 0. The second-order valence-corrected chi connectivity index (χ2v) is 10.3. The molecule has 8 nitrogen and oxygen atoms in total. The largest absolute Gasteiger partial charge is 0.381 e. The van der Waals surface area contributed by atoms with Gasteiger partial charge in [0.15, 0.2) is 0 Å². The molecule has 2 aliphatic heterocycles. The van der Waals surface area contributed by atoms with Crippen molar-refractivity contribution in [2.24, 2.45) is 5.92 Å². The number of likely N-dealkylation sites (tertiary alicyclic amines) is 1. The van der Waals surface area contributed by atoms with Crippen molar-refractivity contribution >= 4 is 34.7 Å². The van der Waals surface area contributed by atoms with Crippen molar-refractivity contribution in [1.29, 1.82) is 0 Å². The Balaban J connectivity index is 1.18. The highest BCUT2D eigenvalue weighted by atomic mass is 19.1. The van der Waals surface area contributed by atoms with Crippen LogP contribution in [0.3, 0.4) is 0 Å². The Labute approximate surface area is 232 Å². The first kappa shape index (κ1) is 27.5. The lowest BCUT2D eigenvalue weighted by Gasteiger charge is -2.26. The van der Waals surface area contributed by atoms with Crippen LogP contribution >= 0.6 is 0 Å². The molecule has 3 aromatic rings. The Hall–Kier alpha value is -4.11. The molecule has 40 heavy (non-hydrogen) atoms. The number of carbonyl (C=O) groups is 3. The molecule has 3 atom stereocenters. The minimum atomic E-state index is -0.598. The third kappa shape index (κ3) is 6.37. The topological polar surface area (TPSA) is 101 Å². The summed E-state index contributed by atoms with van der Waals surface area (Å²) < 4.78 is 18.9. The third-order valence-electron chi connectivity index (χ3n) is 7.49. The van der Waals surface area contributed by atoms with Crippen molar-refractivity contribution in [3.05, 3.63) is 83.3 Å². The molecule has 3 amide bonds. The van der Waals surface area contributed by atoms with Crippen molar-refractivity contribution in [3.63, 3.8) is 0 Å². The second-order valence-electron chi connectivity index (χ2n) is 10.3. The van der Waals surface area contributed by atoms with Crippen LogP contribution in [-0.2, 0) is 14.3 Å². The van der Waals surface area contributed by atoms with Crippen LogP contribution in [0, 0.1) is 11.7 Å². The number of benzene rings is 2. The van der Waals surface area contributed by atoms with Crippen molar-refractivity contribution in [2.75, 3.05) is 26.3 Å². The lowest BCUT2D eigenvalue weighted by atomic mass is 9.98. The van der Waals surface area contributed by atoms with Crippen LogP contribution < -0.4 is 10.6 Å². The second kappa shape index (κ2) is 12.4. The van der Waals surface area contributed by atoms with Crippen molar-refractivity contribution in [2.45, 2.75) is 38.3 Å². The highest BCUT2D eigenvalue weighted by Gasteiger charge is 2.34. The number of hydrogen-bond donors (Lipinski definition) is 2. The number of pyridine rings is 1. The fourth-order valence-electron chi connectivity index (χ4n) is 5.30. The van der Waals surface area contributed by atoms with Gasteiger partial charge in [-0.15, -0.1) is 0 Å². The summed E-state index contributed by atoms with van der Waals surface area (Å²) in [5.74, 6) is -1.04. The number of nitrogens with one attached hydrogen (secondary N) is 2. The van der Waals surface area contributed by atoms with E-state index in [1.165, 1.54) is 29.2 Å². The van der Waals surface area contributed by atoms with E-state index in [1.54, 1.807) is 6.07 Å². The number of amides is 3. The molecule has 9 heteroatoms. The van der Waals surface area contributed by atoms with Gasteiger partial charge >= 0.3 is 0 Å². The smallest absolute Gasteiger partial charge is 0.270 e. The number of nitrogens with zero attached hydrogens (tertiary/aromatic N) is 2. The standard InChI is InChI=1S/C31H33FN4O4/c1-20(25-6-3-2-5-22(25)9-8-21-14-16-40-19-21)34-31(39)28-7-4-15-36(28)29(37)18-33-30(38)27-12-10-23-17-24(32)11-13-26(23)35-27/h2-3,5-6,8-13,17,20-21,28H,4,7,14-16,18-19H2,1H3,(H,33,38)(H,34,39)/b9-8+/t20-,21?,28?/m0/s1. The van der Waals surface area contributed by atoms with Gasteiger partial charge in [0.1, 0.15) is 17.6 Å². The van der Waals surface area contributed by atoms with E-state index in [0.29, 0.717) is 36.2 Å². The average molecular weight is 545 g/mol. The van der Waals surface area contributed by atoms with Crippen LogP contribution in [0.5, 0.6) is 0 Å². The number of ether oxygens (including phenoxy) is 1. The molecule has 5 rings (SSSR count). The van der Waals surface area contributed by atoms with E-state index in [2.05, 4.69) is 27.8 Å². The third-order valence-corrected chi connectivity index (χ3v) is 7.49. The number of carbonyl (C=O) groups excluding carboxylic acids is 3. The zero-order valence-corrected chi connectivity index (χ0v) is 22.4. The molecule has 0 spiro atoms. The first-order chi connectivity index (χ1) is 19.4. The van der Waals surface area contributed by atoms with Crippen LogP contribution in [0.2, 0.25) is 0 Å². The summed E-state index contributed by atoms with van der Waals surface area (Å²) in [7, 11) is 0. The molecule has 2 saturated heterocycles. The number of aromatic nitrogens is 1. The molecular formula is C31H33FN4O4. The molecule has 2 unspecified atom stereocenters. The van der Waals surface area contributed by atoms with Crippen molar-refractivity contribution < 1.29 is 23.5 Å². The van der Waals surface area contributed by atoms with E-state index >= 15 is 0 Å². The maximum Gasteiger partial charge on any atom is 0.270 e. The lowest BCUT2D eigenvalue weighted by Crippen LogP contribution is -2.49. The first-order valence-corrected chi connectivity index (χ1v) is 13.7. The fourth-order valence-corrected chi connectivity index (χ4v) is 5.30. The van der Waals surface area contributed by atoms with Crippen LogP contribution in [-0.4, -0.2) is 60.0 Å². The molecule has 2 aliphatic rings. The minimum absolute atomic E-state index is 0.129. The Morgan fingerprint density at radius 3 is 2.83 bits per heavy atom. The van der Waals surface area contributed by atoms with E-state index in [0.717, 1.165) is 30.8 Å². The van der Waals surface area contributed by atoms with Gasteiger partial charge in [-0.25, -0.2) is 9.37 Å². The van der Waals surface area contributed by atoms with Gasteiger partial charge < -0.3 is 20.3 Å². The SMILES string of the molecule is C[C@H](NC(=O)C1CCCN1C(=O)CNC(=O)c1ccc2cc(F)ccc2n1)c1ccccc1/C=C/C1CCOC1. The number of rotatable bonds is 8. The molecule has 208 valence electrons. The molecule has 0 aliphatic carbocycles. The summed E-state index contributed by atoms with van der Waals surface area (Å²) in [5, 5.41) is 6.27. The lowest BCUT2D eigenvalue weighted by molar-refractivity contribution is -0.137. The highest BCUT2D eigenvalue weighted by Crippen LogP contribution is 2.24. The Morgan fingerprint density at radius 1 is 1.15 bits per heavy atom. The molecule has 0 saturated carbocycles. The molecule has 2 aromatic carbocycles. The van der Waals surface area contributed by atoms with Gasteiger partial charge in [0.25, 0.3) is 5.91 Å². The minimum Gasteiger partial charge on any atom is -0.381 e. The predicted octanol–water partition coefficient (Wildman–Crippen LogP) is 4.02. The van der Waals surface area contributed by atoms with Crippen molar-refractivity contribution in [3.8, 4) is 0 Å². The Morgan fingerprint density at radius 2 is 2.00 bits per heavy atom. The van der Waals surface area contributed by atoms with Crippen molar-refractivity contribution in [1.82, 2.24) is 20.5 Å². The fraction of sp³-hybridized carbons (Fsp3) is 0.355. The van der Waals surface area contributed by atoms with Gasteiger partial charge in [0.05, 0.1) is 24.7 Å². The Kier molecular flexibility index (Phi) is 8.50. The summed E-state index contributed by atoms with van der Waals surface area (Å²) in [5.41, 5.74) is 2.65. The molecule has 0 radical (unpaired) electrons. The molecular weight excluding hydrogens is 511 g/mol. The number of fused-ring (bicyclic) bond motifs is 1. The van der Waals surface area contributed by atoms with E-state index in [1.807, 2.05) is 31.2 Å². The van der Waals surface area contributed by atoms with Crippen LogP contribution in [0.4, 0.5) is 4.39 Å². The molecule has 1 aromatic heterocycles. The summed E-state index contributed by atoms with van der Waals surface area (Å²) in [4.78, 5) is 44.7. The van der Waals surface area contributed by atoms with E-state index in [-0.39, 0.29) is 35.9 Å². The van der Waals surface area contributed by atoms with Crippen LogP contribution in [0.1, 0.15) is 53.8 Å².